The normalized spacial score (nSPS) is 11.6. The molecule has 0 saturated heterocycles. The average Bonchev–Trinajstić information content (AvgIpc) is 3.02. The number of carbonyl (C=O) groups is 1. The fourth-order valence-electron chi connectivity index (χ4n) is 2.02. The summed E-state index contributed by atoms with van der Waals surface area (Å²) < 4.78 is 5.33. The van der Waals surface area contributed by atoms with Crippen LogP contribution >= 0.6 is 0 Å². The molecule has 6 heteroatoms. The van der Waals surface area contributed by atoms with E-state index < -0.39 is 0 Å². The van der Waals surface area contributed by atoms with Crippen LogP contribution in [0.15, 0.2) is 29.0 Å². The standard InChI is InChI=1S/C18H26N4O2/c1-12(2)9-20-16(23)14-11-21-17(18(3,4)5)22-15(14)19-10-13-7-6-8-24-13/h6-8,11-12H,9-10H2,1-5H3,(H,20,23)(H,19,21,22). The van der Waals surface area contributed by atoms with Gasteiger partial charge in [-0.15, -0.1) is 0 Å². The van der Waals surface area contributed by atoms with Crippen molar-refractivity contribution in [3.8, 4) is 0 Å². The number of hydrogen-bond donors (Lipinski definition) is 2. The second kappa shape index (κ2) is 7.47. The fourth-order valence-corrected chi connectivity index (χ4v) is 2.02. The first-order chi connectivity index (χ1) is 11.3. The monoisotopic (exact) mass is 330 g/mol. The highest BCUT2D eigenvalue weighted by Gasteiger charge is 2.21. The Balaban J connectivity index is 2.25. The molecule has 0 aliphatic heterocycles. The van der Waals surface area contributed by atoms with Gasteiger partial charge in [-0.05, 0) is 18.1 Å². The first kappa shape index (κ1) is 18.0. The molecule has 0 spiro atoms. The molecule has 2 N–H and O–H groups in total. The molecule has 0 atom stereocenters. The SMILES string of the molecule is CC(C)CNC(=O)c1cnc(C(C)(C)C)nc1NCc1ccco1. The van der Waals surface area contributed by atoms with Gasteiger partial charge in [0.15, 0.2) is 0 Å². The van der Waals surface area contributed by atoms with Gasteiger partial charge in [-0.3, -0.25) is 4.79 Å². The van der Waals surface area contributed by atoms with E-state index in [2.05, 4.69) is 34.4 Å². The number of nitrogens with one attached hydrogen (secondary N) is 2. The van der Waals surface area contributed by atoms with Crippen LogP contribution in [-0.2, 0) is 12.0 Å². The Labute approximate surface area is 143 Å². The van der Waals surface area contributed by atoms with Crippen molar-refractivity contribution in [3.63, 3.8) is 0 Å². The van der Waals surface area contributed by atoms with Crippen LogP contribution in [0.3, 0.4) is 0 Å². The summed E-state index contributed by atoms with van der Waals surface area (Å²) in [4.78, 5) is 21.4. The van der Waals surface area contributed by atoms with Crippen LogP contribution in [0.1, 0.15) is 56.6 Å². The zero-order chi connectivity index (χ0) is 17.7. The predicted molar refractivity (Wildman–Crippen MR) is 93.9 cm³/mol. The highest BCUT2D eigenvalue weighted by atomic mass is 16.3. The zero-order valence-electron chi connectivity index (χ0n) is 15.0. The molecule has 0 radical (unpaired) electrons. The van der Waals surface area contributed by atoms with Crippen LogP contribution < -0.4 is 10.6 Å². The van der Waals surface area contributed by atoms with Gasteiger partial charge in [0.1, 0.15) is 23.0 Å². The first-order valence-electron chi connectivity index (χ1n) is 8.19. The lowest BCUT2D eigenvalue weighted by molar-refractivity contribution is 0.0949. The second-order valence-corrected chi connectivity index (χ2v) is 7.24. The van der Waals surface area contributed by atoms with E-state index in [9.17, 15) is 4.79 Å². The zero-order valence-corrected chi connectivity index (χ0v) is 15.0. The van der Waals surface area contributed by atoms with Crippen LogP contribution in [0.4, 0.5) is 5.82 Å². The van der Waals surface area contributed by atoms with Gasteiger partial charge in [0.05, 0.1) is 12.8 Å². The smallest absolute Gasteiger partial charge is 0.256 e. The maximum absolute atomic E-state index is 12.4. The first-order valence-corrected chi connectivity index (χ1v) is 8.19. The molecule has 0 fully saturated rings. The number of hydrogen-bond acceptors (Lipinski definition) is 5. The minimum absolute atomic E-state index is 0.175. The van der Waals surface area contributed by atoms with Crippen LogP contribution in [0, 0.1) is 5.92 Å². The van der Waals surface area contributed by atoms with Crippen LogP contribution in [-0.4, -0.2) is 22.4 Å². The summed E-state index contributed by atoms with van der Waals surface area (Å²) in [5, 5.41) is 6.10. The Morgan fingerprint density at radius 1 is 1.33 bits per heavy atom. The van der Waals surface area contributed by atoms with E-state index in [0.29, 0.717) is 36.2 Å². The summed E-state index contributed by atoms with van der Waals surface area (Å²) in [6.45, 7) is 11.3. The lowest BCUT2D eigenvalue weighted by atomic mass is 9.95. The van der Waals surface area contributed by atoms with Crippen LogP contribution in [0.25, 0.3) is 0 Å². The Bertz CT molecular complexity index is 673. The molecule has 2 aromatic rings. The lowest BCUT2D eigenvalue weighted by Crippen LogP contribution is -2.29. The molecular formula is C18H26N4O2. The summed E-state index contributed by atoms with van der Waals surface area (Å²) in [5.41, 5.74) is 0.240. The molecule has 0 unspecified atom stereocenters. The minimum atomic E-state index is -0.200. The molecule has 2 aromatic heterocycles. The van der Waals surface area contributed by atoms with Gasteiger partial charge >= 0.3 is 0 Å². The number of nitrogens with zero attached hydrogens (tertiary/aromatic N) is 2. The summed E-state index contributed by atoms with van der Waals surface area (Å²) >= 11 is 0. The number of anilines is 1. The second-order valence-electron chi connectivity index (χ2n) is 7.24. The molecule has 0 aromatic carbocycles. The molecule has 1 amide bonds. The minimum Gasteiger partial charge on any atom is -0.467 e. The van der Waals surface area contributed by atoms with Crippen molar-refractivity contribution in [2.24, 2.45) is 5.92 Å². The number of rotatable bonds is 6. The molecular weight excluding hydrogens is 304 g/mol. The Morgan fingerprint density at radius 2 is 2.08 bits per heavy atom. The van der Waals surface area contributed by atoms with E-state index >= 15 is 0 Å². The Kier molecular flexibility index (Phi) is 5.59. The topological polar surface area (TPSA) is 80.0 Å². The van der Waals surface area contributed by atoms with Crippen molar-refractivity contribution in [2.45, 2.75) is 46.6 Å². The van der Waals surface area contributed by atoms with Gasteiger partial charge in [-0.1, -0.05) is 34.6 Å². The summed E-state index contributed by atoms with van der Waals surface area (Å²) in [6, 6.07) is 3.70. The summed E-state index contributed by atoms with van der Waals surface area (Å²) in [5.74, 6) is 2.19. The predicted octanol–water partition coefficient (Wildman–Crippen LogP) is 3.37. The van der Waals surface area contributed by atoms with Crippen LogP contribution in [0.2, 0.25) is 0 Å². The van der Waals surface area contributed by atoms with E-state index in [1.165, 1.54) is 0 Å². The lowest BCUT2D eigenvalue weighted by Gasteiger charge is -2.19. The third kappa shape index (κ3) is 4.81. The third-order valence-corrected chi connectivity index (χ3v) is 3.39. The van der Waals surface area contributed by atoms with E-state index in [-0.39, 0.29) is 11.3 Å². The van der Waals surface area contributed by atoms with Crippen molar-refractivity contribution in [1.29, 1.82) is 0 Å². The third-order valence-electron chi connectivity index (χ3n) is 3.39. The molecule has 0 bridgehead atoms. The number of furan rings is 1. The van der Waals surface area contributed by atoms with E-state index in [1.807, 2.05) is 32.9 Å². The van der Waals surface area contributed by atoms with Gasteiger partial charge in [-0.2, -0.15) is 0 Å². The molecule has 24 heavy (non-hydrogen) atoms. The van der Waals surface area contributed by atoms with Crippen molar-refractivity contribution in [3.05, 3.63) is 41.7 Å². The molecule has 0 saturated carbocycles. The summed E-state index contributed by atoms with van der Waals surface area (Å²) in [7, 11) is 0. The van der Waals surface area contributed by atoms with Crippen molar-refractivity contribution in [2.75, 3.05) is 11.9 Å². The Hall–Kier alpha value is -2.37. The van der Waals surface area contributed by atoms with Gasteiger partial charge in [0.2, 0.25) is 0 Å². The molecule has 2 heterocycles. The van der Waals surface area contributed by atoms with Crippen molar-refractivity contribution in [1.82, 2.24) is 15.3 Å². The quantitative estimate of drug-likeness (QED) is 0.849. The fraction of sp³-hybridized carbons (Fsp3) is 0.500. The van der Waals surface area contributed by atoms with Crippen molar-refractivity contribution >= 4 is 11.7 Å². The van der Waals surface area contributed by atoms with E-state index in [4.69, 9.17) is 4.42 Å². The molecule has 130 valence electrons. The molecule has 2 rings (SSSR count). The molecule has 6 nitrogen and oxygen atoms in total. The van der Waals surface area contributed by atoms with Crippen molar-refractivity contribution < 1.29 is 9.21 Å². The van der Waals surface area contributed by atoms with Gasteiger partial charge in [-0.25, -0.2) is 9.97 Å². The number of amides is 1. The van der Waals surface area contributed by atoms with E-state index in [0.717, 1.165) is 5.76 Å². The highest BCUT2D eigenvalue weighted by molar-refractivity contribution is 5.98. The maximum atomic E-state index is 12.4. The largest absolute Gasteiger partial charge is 0.467 e. The van der Waals surface area contributed by atoms with Gasteiger partial charge < -0.3 is 15.1 Å². The summed E-state index contributed by atoms with van der Waals surface area (Å²) in [6.07, 6.45) is 3.21. The van der Waals surface area contributed by atoms with Gasteiger partial charge in [0, 0.05) is 18.2 Å². The van der Waals surface area contributed by atoms with Gasteiger partial charge in [0.25, 0.3) is 5.91 Å². The number of carbonyl (C=O) groups excluding carboxylic acids is 1. The maximum Gasteiger partial charge on any atom is 0.256 e. The number of aromatic nitrogens is 2. The Morgan fingerprint density at radius 3 is 2.67 bits per heavy atom. The van der Waals surface area contributed by atoms with E-state index in [1.54, 1.807) is 12.5 Å². The molecule has 0 aliphatic carbocycles. The molecule has 0 aliphatic rings. The van der Waals surface area contributed by atoms with Crippen LogP contribution in [0.5, 0.6) is 0 Å². The highest BCUT2D eigenvalue weighted by Crippen LogP contribution is 2.22. The average molecular weight is 330 g/mol.